The predicted molar refractivity (Wildman–Crippen MR) is 84.1 cm³/mol. The largest absolute Gasteiger partial charge is 0.385 e. The summed E-state index contributed by atoms with van der Waals surface area (Å²) in [5, 5.41) is 5.99. The summed E-state index contributed by atoms with van der Waals surface area (Å²) in [6.07, 6.45) is 0.352. The summed E-state index contributed by atoms with van der Waals surface area (Å²) in [5.41, 5.74) is 3.88. The fourth-order valence-electron chi connectivity index (χ4n) is 1.99. The monoisotopic (exact) mass is 286 g/mol. The molecule has 0 heterocycles. The van der Waals surface area contributed by atoms with Gasteiger partial charge in [0, 0.05) is 24.3 Å². The smallest absolute Gasteiger partial charge is 0.226 e. The Kier molecular flexibility index (Phi) is 4.93. The van der Waals surface area contributed by atoms with Crippen LogP contribution in [0.1, 0.15) is 17.5 Å². The lowest BCUT2D eigenvalue weighted by atomic mass is 10.1. The zero-order chi connectivity index (χ0) is 15.2. The normalized spacial score (nSPS) is 10.2. The molecule has 0 radical (unpaired) electrons. The molecule has 0 spiro atoms. The number of halogens is 1. The maximum Gasteiger partial charge on any atom is 0.226 e. The van der Waals surface area contributed by atoms with E-state index in [0.29, 0.717) is 13.0 Å². The second kappa shape index (κ2) is 6.88. The van der Waals surface area contributed by atoms with E-state index in [2.05, 4.69) is 10.6 Å². The average Bonchev–Trinajstić information content (AvgIpc) is 2.46. The molecule has 0 atom stereocenters. The van der Waals surface area contributed by atoms with Crippen molar-refractivity contribution in [3.8, 4) is 0 Å². The fraction of sp³-hybridized carbons (Fsp3) is 0.235. The summed E-state index contributed by atoms with van der Waals surface area (Å²) in [5.74, 6) is -0.313. The van der Waals surface area contributed by atoms with Gasteiger partial charge in [-0.1, -0.05) is 12.1 Å². The number of nitrogens with one attached hydrogen (secondary N) is 2. The molecule has 0 fully saturated rings. The lowest BCUT2D eigenvalue weighted by Crippen LogP contribution is -2.17. The number of rotatable bonds is 5. The second-order valence-corrected chi connectivity index (χ2v) is 4.98. The van der Waals surface area contributed by atoms with Crippen molar-refractivity contribution in [2.24, 2.45) is 0 Å². The van der Waals surface area contributed by atoms with Gasteiger partial charge in [0.25, 0.3) is 0 Å². The molecule has 0 bridgehead atoms. The second-order valence-electron chi connectivity index (χ2n) is 4.98. The Morgan fingerprint density at radius 1 is 1.10 bits per heavy atom. The van der Waals surface area contributed by atoms with Crippen LogP contribution in [0.2, 0.25) is 0 Å². The zero-order valence-electron chi connectivity index (χ0n) is 12.2. The van der Waals surface area contributed by atoms with Crippen LogP contribution in [0.25, 0.3) is 0 Å². The molecule has 2 rings (SSSR count). The van der Waals surface area contributed by atoms with Gasteiger partial charge in [-0.15, -0.1) is 0 Å². The minimum atomic E-state index is -0.270. The quantitative estimate of drug-likeness (QED) is 0.875. The van der Waals surface area contributed by atoms with Gasteiger partial charge in [-0.05, 0) is 55.3 Å². The van der Waals surface area contributed by atoms with Gasteiger partial charge in [0.15, 0.2) is 0 Å². The Bertz CT molecular complexity index is 623. The standard InChI is InChI=1S/C17H19FN2O/c1-12-4-3-5-16(13(12)2)20-17(21)10-11-19-15-8-6-14(18)7-9-15/h3-9,19H,10-11H2,1-2H3,(H,20,21). The molecule has 2 aromatic rings. The molecule has 0 aliphatic heterocycles. The molecular weight excluding hydrogens is 267 g/mol. The van der Waals surface area contributed by atoms with E-state index in [-0.39, 0.29) is 11.7 Å². The Morgan fingerprint density at radius 2 is 1.81 bits per heavy atom. The highest BCUT2D eigenvalue weighted by Gasteiger charge is 2.05. The Balaban J connectivity index is 1.82. The van der Waals surface area contributed by atoms with Crippen molar-refractivity contribution in [3.63, 3.8) is 0 Å². The van der Waals surface area contributed by atoms with E-state index in [0.717, 1.165) is 22.5 Å². The third kappa shape index (κ3) is 4.31. The van der Waals surface area contributed by atoms with Crippen molar-refractivity contribution in [3.05, 3.63) is 59.4 Å². The van der Waals surface area contributed by atoms with Gasteiger partial charge < -0.3 is 10.6 Å². The Hall–Kier alpha value is -2.36. The lowest BCUT2D eigenvalue weighted by molar-refractivity contribution is -0.115. The minimum absolute atomic E-state index is 0.0432. The number of hydrogen-bond donors (Lipinski definition) is 2. The first-order valence-electron chi connectivity index (χ1n) is 6.92. The van der Waals surface area contributed by atoms with Crippen molar-refractivity contribution in [1.82, 2.24) is 0 Å². The fourth-order valence-corrected chi connectivity index (χ4v) is 1.99. The van der Waals surface area contributed by atoms with Gasteiger partial charge in [0.05, 0.1) is 0 Å². The maximum absolute atomic E-state index is 12.8. The maximum atomic E-state index is 12.8. The first kappa shape index (κ1) is 15.0. The van der Waals surface area contributed by atoms with Crippen LogP contribution in [0.4, 0.5) is 15.8 Å². The van der Waals surface area contributed by atoms with Gasteiger partial charge in [-0.3, -0.25) is 4.79 Å². The van der Waals surface area contributed by atoms with Crippen LogP contribution in [0.3, 0.4) is 0 Å². The van der Waals surface area contributed by atoms with Crippen molar-refractivity contribution in [2.75, 3.05) is 17.2 Å². The molecule has 0 aliphatic carbocycles. The highest BCUT2D eigenvalue weighted by molar-refractivity contribution is 5.91. The average molecular weight is 286 g/mol. The molecule has 0 aliphatic rings. The number of carbonyl (C=O) groups excluding carboxylic acids is 1. The highest BCUT2D eigenvalue weighted by Crippen LogP contribution is 2.18. The Labute approximate surface area is 124 Å². The first-order valence-corrected chi connectivity index (χ1v) is 6.92. The SMILES string of the molecule is Cc1cccc(NC(=O)CCNc2ccc(F)cc2)c1C. The Morgan fingerprint density at radius 3 is 2.52 bits per heavy atom. The molecule has 3 nitrogen and oxygen atoms in total. The number of amides is 1. The zero-order valence-corrected chi connectivity index (χ0v) is 12.2. The van der Waals surface area contributed by atoms with E-state index in [4.69, 9.17) is 0 Å². The van der Waals surface area contributed by atoms with Gasteiger partial charge >= 0.3 is 0 Å². The van der Waals surface area contributed by atoms with Crippen LogP contribution in [0, 0.1) is 19.7 Å². The summed E-state index contributed by atoms with van der Waals surface area (Å²) >= 11 is 0. The number of hydrogen-bond acceptors (Lipinski definition) is 2. The molecule has 110 valence electrons. The molecule has 1 amide bonds. The molecule has 21 heavy (non-hydrogen) atoms. The van der Waals surface area contributed by atoms with E-state index in [9.17, 15) is 9.18 Å². The van der Waals surface area contributed by atoms with E-state index in [1.165, 1.54) is 12.1 Å². The van der Waals surface area contributed by atoms with E-state index in [1.54, 1.807) is 12.1 Å². The van der Waals surface area contributed by atoms with E-state index >= 15 is 0 Å². The van der Waals surface area contributed by atoms with Crippen LogP contribution >= 0.6 is 0 Å². The van der Waals surface area contributed by atoms with Crippen LogP contribution in [0.5, 0.6) is 0 Å². The highest BCUT2D eigenvalue weighted by atomic mass is 19.1. The summed E-state index contributed by atoms with van der Waals surface area (Å²) in [7, 11) is 0. The number of anilines is 2. The van der Waals surface area contributed by atoms with Gasteiger partial charge in [0.2, 0.25) is 5.91 Å². The van der Waals surface area contributed by atoms with E-state index < -0.39 is 0 Å². The van der Waals surface area contributed by atoms with E-state index in [1.807, 2.05) is 32.0 Å². The predicted octanol–water partition coefficient (Wildman–Crippen LogP) is 3.88. The number of aryl methyl sites for hydroxylation is 1. The van der Waals surface area contributed by atoms with Crippen molar-refractivity contribution in [1.29, 1.82) is 0 Å². The van der Waals surface area contributed by atoms with Crippen molar-refractivity contribution >= 4 is 17.3 Å². The number of benzene rings is 2. The molecule has 0 unspecified atom stereocenters. The van der Waals surface area contributed by atoms with Gasteiger partial charge in [-0.25, -0.2) is 4.39 Å². The summed E-state index contributed by atoms with van der Waals surface area (Å²) in [4.78, 5) is 11.9. The molecule has 4 heteroatoms. The van der Waals surface area contributed by atoms with Gasteiger partial charge in [-0.2, -0.15) is 0 Å². The topological polar surface area (TPSA) is 41.1 Å². The van der Waals surface area contributed by atoms with Crippen LogP contribution < -0.4 is 10.6 Å². The molecule has 2 aromatic carbocycles. The summed E-state index contributed by atoms with van der Waals surface area (Å²) in [6, 6.07) is 11.9. The molecule has 0 saturated carbocycles. The lowest BCUT2D eigenvalue weighted by Gasteiger charge is -2.11. The first-order chi connectivity index (χ1) is 10.1. The minimum Gasteiger partial charge on any atom is -0.385 e. The van der Waals surface area contributed by atoms with Gasteiger partial charge in [0.1, 0.15) is 5.82 Å². The molecular formula is C17H19FN2O. The molecule has 0 aromatic heterocycles. The van der Waals surface area contributed by atoms with Crippen LogP contribution in [-0.4, -0.2) is 12.5 Å². The van der Waals surface area contributed by atoms with Crippen LogP contribution in [0.15, 0.2) is 42.5 Å². The molecule has 2 N–H and O–H groups in total. The summed E-state index contributed by atoms with van der Waals surface area (Å²) < 4.78 is 12.8. The molecule has 0 saturated heterocycles. The van der Waals surface area contributed by atoms with Crippen LogP contribution in [-0.2, 0) is 4.79 Å². The summed E-state index contributed by atoms with van der Waals surface area (Å²) in [6.45, 7) is 4.51. The third-order valence-corrected chi connectivity index (χ3v) is 3.40. The number of carbonyl (C=O) groups is 1. The van der Waals surface area contributed by atoms with Crippen molar-refractivity contribution in [2.45, 2.75) is 20.3 Å². The van der Waals surface area contributed by atoms with Crippen molar-refractivity contribution < 1.29 is 9.18 Å². The third-order valence-electron chi connectivity index (χ3n) is 3.40.